The number of hydrogen-bond donors (Lipinski definition) is 5. The van der Waals surface area contributed by atoms with Gasteiger partial charge in [-0.2, -0.15) is 0 Å². The topological polar surface area (TPSA) is 168 Å². The molecule has 1 saturated heterocycles. The van der Waals surface area contributed by atoms with E-state index in [0.717, 1.165) is 0 Å². The molecule has 1 aliphatic heterocycles. The Hall–Kier alpha value is 0.189. The second-order valence-electron chi connectivity index (χ2n) is 4.53. The fourth-order valence-corrected chi connectivity index (χ4v) is 7.52. The Bertz CT molecular complexity index is 390. The third-order valence-electron chi connectivity index (χ3n) is 2.86. The van der Waals surface area contributed by atoms with Crippen molar-refractivity contribution >= 4 is 24.3 Å². The second kappa shape index (κ2) is 7.45. The fraction of sp³-hybridized carbons (Fsp3) is 1.00. The van der Waals surface area contributed by atoms with E-state index in [9.17, 15) is 33.4 Å². The van der Waals surface area contributed by atoms with Crippen LogP contribution in [-0.2, 0) is 14.6 Å². The van der Waals surface area contributed by atoms with Gasteiger partial charge in [-0.3, -0.25) is 0 Å². The van der Waals surface area contributed by atoms with E-state index in [1.54, 1.807) is 0 Å². The first-order valence-electron chi connectivity index (χ1n) is 5.75. The first-order chi connectivity index (χ1) is 9.14. The first kappa shape index (κ1) is 18.2. The maximum absolute atomic E-state index is 10.4. The molecule has 1 fully saturated rings. The van der Waals surface area contributed by atoms with Gasteiger partial charge in [0.15, 0.2) is 0 Å². The van der Waals surface area contributed by atoms with Crippen LogP contribution in [0.15, 0.2) is 0 Å². The molecule has 20 heavy (non-hydrogen) atoms. The summed E-state index contributed by atoms with van der Waals surface area (Å²) in [6.45, 7) is -0.852. The van der Waals surface area contributed by atoms with Gasteiger partial charge in [0.1, 0.15) is 0 Å². The molecule has 120 valence electrons. The van der Waals surface area contributed by atoms with Crippen molar-refractivity contribution in [2.75, 3.05) is 6.61 Å². The first-order valence-corrected chi connectivity index (χ1v) is 10.7. The summed E-state index contributed by atoms with van der Waals surface area (Å²) in [6.07, 6.45) is -6.41. The van der Waals surface area contributed by atoms with Gasteiger partial charge < -0.3 is 0 Å². The molecule has 1 aliphatic rings. The SMILES string of the molecule is O=S(=O)([O-])O[C@@H](CO)[C@H](O)C[Se+]1C[C@@H](O)C(O)[C@@H](O)C1. The average molecular weight is 381 g/mol. The van der Waals surface area contributed by atoms with Crippen molar-refractivity contribution in [3.63, 3.8) is 0 Å². The van der Waals surface area contributed by atoms with Crippen LogP contribution in [0.5, 0.6) is 0 Å². The minimum atomic E-state index is -5.05. The molecular formula is C9H18O9SSe. The molecule has 0 amide bonds. The van der Waals surface area contributed by atoms with Gasteiger partial charge in [-0.25, -0.2) is 0 Å². The Morgan fingerprint density at radius 1 is 1.25 bits per heavy atom. The summed E-state index contributed by atoms with van der Waals surface area (Å²) in [5.74, 6) is 0. The molecular weight excluding hydrogens is 363 g/mol. The van der Waals surface area contributed by atoms with E-state index in [4.69, 9.17) is 5.11 Å². The number of rotatable bonds is 6. The van der Waals surface area contributed by atoms with Crippen molar-refractivity contribution in [2.24, 2.45) is 0 Å². The van der Waals surface area contributed by atoms with Crippen LogP contribution in [-0.4, -0.2) is 89.5 Å². The predicted molar refractivity (Wildman–Crippen MR) is 65.9 cm³/mol. The van der Waals surface area contributed by atoms with Crippen LogP contribution in [0.1, 0.15) is 0 Å². The van der Waals surface area contributed by atoms with Crippen LogP contribution >= 0.6 is 0 Å². The second-order valence-corrected chi connectivity index (χ2v) is 10.2. The molecule has 11 heteroatoms. The van der Waals surface area contributed by atoms with Crippen LogP contribution in [0.25, 0.3) is 0 Å². The van der Waals surface area contributed by atoms with Crippen molar-refractivity contribution in [1.29, 1.82) is 0 Å². The van der Waals surface area contributed by atoms with Crippen molar-refractivity contribution in [3.8, 4) is 0 Å². The zero-order chi connectivity index (χ0) is 15.5. The Morgan fingerprint density at radius 2 is 1.75 bits per heavy atom. The van der Waals surface area contributed by atoms with Gasteiger partial charge in [-0.1, -0.05) is 0 Å². The van der Waals surface area contributed by atoms with Gasteiger partial charge in [-0.05, 0) is 0 Å². The molecule has 0 spiro atoms. The molecule has 0 radical (unpaired) electrons. The average Bonchev–Trinajstić information content (AvgIpc) is 2.31. The zero-order valence-corrected chi connectivity index (χ0v) is 12.9. The monoisotopic (exact) mass is 382 g/mol. The molecule has 9 nitrogen and oxygen atoms in total. The van der Waals surface area contributed by atoms with Crippen LogP contribution in [0.2, 0.25) is 16.0 Å². The van der Waals surface area contributed by atoms with E-state index >= 15 is 0 Å². The van der Waals surface area contributed by atoms with E-state index in [2.05, 4.69) is 4.18 Å². The van der Waals surface area contributed by atoms with E-state index in [1.165, 1.54) is 0 Å². The molecule has 0 aromatic heterocycles. The van der Waals surface area contributed by atoms with Crippen LogP contribution in [0.3, 0.4) is 0 Å². The zero-order valence-electron chi connectivity index (χ0n) is 10.4. The Labute approximate surface area is 120 Å². The summed E-state index contributed by atoms with van der Waals surface area (Å²) < 4.78 is 35.4. The molecule has 0 bridgehead atoms. The van der Waals surface area contributed by atoms with Gasteiger partial charge in [0.05, 0.1) is 0 Å². The minimum absolute atomic E-state index is 0.0294. The standard InChI is InChI=1S/C9H18O9SSe/c10-1-8(18-19(15,16)17)5(11)2-20-3-6(12)9(14)7(13)4-20/h5-14H,1-4H2/t5-,6-,7+,8+,9?,20?/m1/s1. The van der Waals surface area contributed by atoms with E-state index in [0.29, 0.717) is 0 Å². The van der Waals surface area contributed by atoms with Gasteiger partial charge in [-0.15, -0.1) is 0 Å². The van der Waals surface area contributed by atoms with E-state index in [-0.39, 0.29) is 16.0 Å². The van der Waals surface area contributed by atoms with Crippen molar-refractivity contribution in [3.05, 3.63) is 0 Å². The number of hydrogen-bond acceptors (Lipinski definition) is 9. The fourth-order valence-electron chi connectivity index (χ4n) is 1.86. The molecule has 0 aromatic carbocycles. The molecule has 0 aliphatic carbocycles. The van der Waals surface area contributed by atoms with Crippen LogP contribution in [0.4, 0.5) is 0 Å². The maximum atomic E-state index is 10.4. The Morgan fingerprint density at radius 3 is 2.15 bits per heavy atom. The van der Waals surface area contributed by atoms with Gasteiger partial charge in [0.25, 0.3) is 0 Å². The van der Waals surface area contributed by atoms with Crippen molar-refractivity contribution in [1.82, 2.24) is 0 Å². The van der Waals surface area contributed by atoms with Crippen LogP contribution < -0.4 is 0 Å². The summed E-state index contributed by atoms with van der Waals surface area (Å²) in [5.41, 5.74) is 0. The molecule has 1 heterocycles. The Kier molecular flexibility index (Phi) is 6.80. The third kappa shape index (κ3) is 5.52. The summed E-state index contributed by atoms with van der Waals surface area (Å²) in [7, 11) is -5.05. The molecule has 0 aromatic rings. The summed E-state index contributed by atoms with van der Waals surface area (Å²) in [5, 5.41) is 47.6. The molecule has 6 atom stereocenters. The van der Waals surface area contributed by atoms with Gasteiger partial charge in [0, 0.05) is 0 Å². The quantitative estimate of drug-likeness (QED) is 0.181. The third-order valence-corrected chi connectivity index (χ3v) is 8.46. The number of aliphatic hydroxyl groups is 5. The summed E-state index contributed by atoms with van der Waals surface area (Å²) in [6, 6.07) is 0. The predicted octanol–water partition coefficient (Wildman–Crippen LogP) is -3.22. The van der Waals surface area contributed by atoms with E-state index < -0.39 is 61.4 Å². The number of aliphatic hydroxyl groups excluding tert-OH is 5. The summed E-state index contributed by atoms with van der Waals surface area (Å²) in [4.78, 5) is 0. The van der Waals surface area contributed by atoms with Gasteiger partial charge in [0.2, 0.25) is 0 Å². The van der Waals surface area contributed by atoms with Crippen molar-refractivity contribution in [2.45, 2.75) is 46.5 Å². The molecule has 5 N–H and O–H groups in total. The van der Waals surface area contributed by atoms with Crippen LogP contribution in [0, 0.1) is 0 Å². The Balaban J connectivity index is 2.58. The summed E-state index contributed by atoms with van der Waals surface area (Å²) >= 11 is -1.73. The molecule has 1 rings (SSSR count). The van der Waals surface area contributed by atoms with E-state index in [1.807, 2.05) is 0 Å². The van der Waals surface area contributed by atoms with Gasteiger partial charge >= 0.3 is 120 Å². The molecule has 0 saturated carbocycles. The molecule has 2 unspecified atom stereocenters. The van der Waals surface area contributed by atoms with Crippen molar-refractivity contribution < 1.29 is 42.7 Å². The normalized spacial score (nSPS) is 34.7.